The maximum atomic E-state index is 13.0. The van der Waals surface area contributed by atoms with E-state index in [2.05, 4.69) is 29.5 Å². The molecule has 1 aromatic heterocycles. The molecule has 5 nitrogen and oxygen atoms in total. The van der Waals surface area contributed by atoms with Crippen LogP contribution >= 0.6 is 0 Å². The number of benzene rings is 1. The summed E-state index contributed by atoms with van der Waals surface area (Å²) >= 11 is 0. The number of hydrogen-bond donors (Lipinski definition) is 1. The molecule has 0 atom stereocenters. The van der Waals surface area contributed by atoms with Crippen LogP contribution in [-0.2, 0) is 13.1 Å². The van der Waals surface area contributed by atoms with Crippen molar-refractivity contribution < 1.29 is 9.13 Å². The summed E-state index contributed by atoms with van der Waals surface area (Å²) in [6.45, 7) is 6.99. The summed E-state index contributed by atoms with van der Waals surface area (Å²) in [5.41, 5.74) is 0.904. The molecule has 0 aliphatic rings. The van der Waals surface area contributed by atoms with Gasteiger partial charge in [0.2, 0.25) is 0 Å². The van der Waals surface area contributed by atoms with E-state index in [0.29, 0.717) is 31.4 Å². The lowest BCUT2D eigenvalue weighted by atomic mass is 10.2. The molecule has 0 radical (unpaired) electrons. The molecule has 0 amide bonds. The quantitative estimate of drug-likeness (QED) is 0.810. The van der Waals surface area contributed by atoms with E-state index in [9.17, 15) is 4.39 Å². The maximum absolute atomic E-state index is 13.0. The van der Waals surface area contributed by atoms with E-state index in [1.54, 1.807) is 16.8 Å². The Kier molecular flexibility index (Phi) is 5.68. The van der Waals surface area contributed by atoms with Crippen LogP contribution in [0.3, 0.4) is 0 Å². The molecule has 0 saturated heterocycles. The minimum Gasteiger partial charge on any atom is -0.492 e. The van der Waals surface area contributed by atoms with Gasteiger partial charge < -0.3 is 10.1 Å². The Bertz CT molecular complexity index is 556. The molecule has 0 spiro atoms. The molecule has 2 rings (SSSR count). The summed E-state index contributed by atoms with van der Waals surface area (Å²) in [5, 5.41) is 11.4. The van der Waals surface area contributed by atoms with Crippen molar-refractivity contribution in [3.63, 3.8) is 0 Å². The highest BCUT2D eigenvalue weighted by atomic mass is 19.1. The Hall–Kier alpha value is -1.95. The molecule has 0 bridgehead atoms. The number of hydrogen-bond acceptors (Lipinski definition) is 4. The molecular weight excluding hydrogens is 271 g/mol. The molecule has 1 heterocycles. The van der Waals surface area contributed by atoms with Gasteiger partial charge in [-0.25, -0.2) is 9.07 Å². The van der Waals surface area contributed by atoms with Crippen molar-refractivity contribution in [2.45, 2.75) is 26.9 Å². The van der Waals surface area contributed by atoms with Gasteiger partial charge in [0.05, 0.1) is 12.2 Å². The van der Waals surface area contributed by atoms with Crippen molar-refractivity contribution >= 4 is 0 Å². The predicted octanol–water partition coefficient (Wildman–Crippen LogP) is 2.24. The lowest BCUT2D eigenvalue weighted by Crippen LogP contribution is -2.19. The Balaban J connectivity index is 1.72. The molecular formula is C15H21FN4O. The molecule has 1 N–H and O–H groups in total. The van der Waals surface area contributed by atoms with E-state index in [0.717, 1.165) is 12.2 Å². The van der Waals surface area contributed by atoms with Crippen LogP contribution in [0.2, 0.25) is 0 Å². The average molecular weight is 292 g/mol. The fourth-order valence-corrected chi connectivity index (χ4v) is 1.83. The van der Waals surface area contributed by atoms with Crippen molar-refractivity contribution in [1.29, 1.82) is 0 Å². The Morgan fingerprint density at radius 3 is 3.00 bits per heavy atom. The van der Waals surface area contributed by atoms with Crippen LogP contribution in [0.25, 0.3) is 0 Å². The van der Waals surface area contributed by atoms with E-state index in [1.807, 2.05) is 6.20 Å². The van der Waals surface area contributed by atoms with Gasteiger partial charge in [-0.15, -0.1) is 5.10 Å². The molecule has 0 unspecified atom stereocenters. The number of rotatable bonds is 8. The summed E-state index contributed by atoms with van der Waals surface area (Å²) in [5.74, 6) is 0.834. The zero-order chi connectivity index (χ0) is 15.1. The van der Waals surface area contributed by atoms with Gasteiger partial charge in [0.1, 0.15) is 18.2 Å². The zero-order valence-corrected chi connectivity index (χ0v) is 12.4. The molecule has 1 aromatic carbocycles. The monoisotopic (exact) mass is 292 g/mol. The van der Waals surface area contributed by atoms with Crippen LogP contribution in [0.15, 0.2) is 30.5 Å². The smallest absolute Gasteiger partial charge is 0.126 e. The second-order valence-corrected chi connectivity index (χ2v) is 5.30. The minimum atomic E-state index is -0.299. The summed E-state index contributed by atoms with van der Waals surface area (Å²) in [6.07, 6.45) is 1.89. The summed E-state index contributed by atoms with van der Waals surface area (Å²) in [6, 6.07) is 6.10. The summed E-state index contributed by atoms with van der Waals surface area (Å²) in [7, 11) is 0. The minimum absolute atomic E-state index is 0.299. The van der Waals surface area contributed by atoms with Crippen molar-refractivity contribution in [1.82, 2.24) is 20.3 Å². The number of nitrogens with one attached hydrogen (secondary N) is 1. The van der Waals surface area contributed by atoms with E-state index in [1.165, 1.54) is 12.1 Å². The molecule has 0 aliphatic carbocycles. The third-order valence-corrected chi connectivity index (χ3v) is 2.83. The number of ether oxygens (including phenoxy) is 1. The van der Waals surface area contributed by atoms with E-state index >= 15 is 0 Å². The number of halogens is 1. The van der Waals surface area contributed by atoms with Crippen LogP contribution in [0.5, 0.6) is 5.75 Å². The highest BCUT2D eigenvalue weighted by Crippen LogP contribution is 2.11. The van der Waals surface area contributed by atoms with Crippen LogP contribution in [-0.4, -0.2) is 28.1 Å². The largest absolute Gasteiger partial charge is 0.492 e. The first kappa shape index (κ1) is 15.4. The standard InChI is InChI=1S/C15H21FN4O/c1-12(2)9-17-10-14-11-20(19-18-14)6-7-21-15-5-3-4-13(16)8-15/h3-5,8,11-12,17H,6-7,9-10H2,1-2H3. The van der Waals surface area contributed by atoms with E-state index < -0.39 is 0 Å². The van der Waals surface area contributed by atoms with Gasteiger partial charge in [0.25, 0.3) is 0 Å². The summed E-state index contributed by atoms with van der Waals surface area (Å²) in [4.78, 5) is 0. The second kappa shape index (κ2) is 7.73. The van der Waals surface area contributed by atoms with Crippen molar-refractivity contribution in [2.75, 3.05) is 13.2 Å². The summed E-state index contributed by atoms with van der Waals surface area (Å²) < 4.78 is 20.2. The highest BCUT2D eigenvalue weighted by molar-refractivity contribution is 5.22. The van der Waals surface area contributed by atoms with E-state index in [-0.39, 0.29) is 5.82 Å². The lowest BCUT2D eigenvalue weighted by Gasteiger charge is -2.05. The second-order valence-electron chi connectivity index (χ2n) is 5.30. The van der Waals surface area contributed by atoms with Gasteiger partial charge in [0.15, 0.2) is 0 Å². The SMILES string of the molecule is CC(C)CNCc1cn(CCOc2cccc(F)c2)nn1. The van der Waals surface area contributed by atoms with Gasteiger partial charge in [-0.3, -0.25) is 0 Å². The predicted molar refractivity (Wildman–Crippen MR) is 78.5 cm³/mol. The van der Waals surface area contributed by atoms with Crippen molar-refractivity contribution in [3.8, 4) is 5.75 Å². The molecule has 21 heavy (non-hydrogen) atoms. The first-order valence-electron chi connectivity index (χ1n) is 7.11. The molecule has 0 fully saturated rings. The fraction of sp³-hybridized carbons (Fsp3) is 0.467. The average Bonchev–Trinajstić information content (AvgIpc) is 2.86. The van der Waals surface area contributed by atoms with Gasteiger partial charge in [-0.05, 0) is 24.6 Å². The van der Waals surface area contributed by atoms with Gasteiger partial charge in [-0.1, -0.05) is 25.1 Å². The molecule has 114 valence electrons. The topological polar surface area (TPSA) is 52.0 Å². The molecule has 6 heteroatoms. The van der Waals surface area contributed by atoms with Crippen LogP contribution in [0, 0.1) is 11.7 Å². The van der Waals surface area contributed by atoms with Gasteiger partial charge in [-0.2, -0.15) is 0 Å². The Labute approximate surface area is 124 Å². The third-order valence-electron chi connectivity index (χ3n) is 2.83. The lowest BCUT2D eigenvalue weighted by molar-refractivity contribution is 0.288. The Morgan fingerprint density at radius 1 is 1.38 bits per heavy atom. The number of nitrogens with zero attached hydrogens (tertiary/aromatic N) is 3. The zero-order valence-electron chi connectivity index (χ0n) is 12.4. The molecule has 0 aliphatic heterocycles. The highest BCUT2D eigenvalue weighted by Gasteiger charge is 2.02. The van der Waals surface area contributed by atoms with Crippen LogP contribution < -0.4 is 10.1 Å². The van der Waals surface area contributed by atoms with Crippen LogP contribution in [0.4, 0.5) is 4.39 Å². The van der Waals surface area contributed by atoms with E-state index in [4.69, 9.17) is 4.74 Å². The third kappa shape index (κ3) is 5.51. The first-order valence-corrected chi connectivity index (χ1v) is 7.11. The Morgan fingerprint density at radius 2 is 2.24 bits per heavy atom. The van der Waals surface area contributed by atoms with Crippen LogP contribution in [0.1, 0.15) is 19.5 Å². The van der Waals surface area contributed by atoms with Crippen molar-refractivity contribution in [2.24, 2.45) is 5.92 Å². The van der Waals surface area contributed by atoms with Gasteiger partial charge in [0, 0.05) is 18.8 Å². The number of aromatic nitrogens is 3. The maximum Gasteiger partial charge on any atom is 0.126 e. The van der Waals surface area contributed by atoms with Crippen molar-refractivity contribution in [3.05, 3.63) is 42.0 Å². The normalized spacial score (nSPS) is 11.0. The molecule has 0 saturated carbocycles. The fourth-order valence-electron chi connectivity index (χ4n) is 1.83. The molecule has 2 aromatic rings. The van der Waals surface area contributed by atoms with Gasteiger partial charge >= 0.3 is 0 Å². The first-order chi connectivity index (χ1) is 10.1.